The van der Waals surface area contributed by atoms with E-state index in [1.807, 2.05) is 0 Å². The first-order valence-corrected chi connectivity index (χ1v) is 7.63. The quantitative estimate of drug-likeness (QED) is 0.626. The molecule has 0 saturated carbocycles. The number of nitrogens with zero attached hydrogens (tertiary/aromatic N) is 2. The molecule has 0 N–H and O–H groups in total. The van der Waals surface area contributed by atoms with Gasteiger partial charge in [-0.1, -0.05) is 0 Å². The van der Waals surface area contributed by atoms with Crippen LogP contribution in [0.4, 0.5) is 0 Å². The molecule has 2 atom stereocenters. The Bertz CT molecular complexity index is 424. The molecular weight excluding hydrogens is 260 g/mol. The highest BCUT2D eigenvalue weighted by molar-refractivity contribution is 7.88. The summed E-state index contributed by atoms with van der Waals surface area (Å²) in [5.74, 6) is -0.108. The van der Waals surface area contributed by atoms with Crippen LogP contribution in [-0.2, 0) is 24.3 Å². The van der Waals surface area contributed by atoms with Gasteiger partial charge in [0, 0.05) is 26.7 Å². The number of carbonyl (C=O) groups excluding carboxylic acids is 1. The number of carbonyl (C=O) groups is 1. The molecule has 7 nitrogen and oxygen atoms in total. The van der Waals surface area contributed by atoms with E-state index >= 15 is 0 Å². The summed E-state index contributed by atoms with van der Waals surface area (Å²) in [6.45, 7) is 1.55. The Labute approximate surface area is 107 Å². The zero-order valence-corrected chi connectivity index (χ0v) is 11.4. The summed E-state index contributed by atoms with van der Waals surface area (Å²) in [5, 5.41) is 0. The molecule has 2 unspecified atom stereocenters. The fourth-order valence-corrected chi connectivity index (χ4v) is 3.22. The highest BCUT2D eigenvalue weighted by Gasteiger charge is 2.45. The minimum absolute atomic E-state index is 0.0164. The van der Waals surface area contributed by atoms with Crippen LogP contribution in [-0.4, -0.2) is 81.9 Å². The molecule has 2 rings (SSSR count). The van der Waals surface area contributed by atoms with Crippen LogP contribution < -0.4 is 0 Å². The van der Waals surface area contributed by atoms with Gasteiger partial charge in [0.2, 0.25) is 15.9 Å². The second-order valence-corrected chi connectivity index (χ2v) is 6.56. The molecule has 2 aliphatic heterocycles. The van der Waals surface area contributed by atoms with Crippen LogP contribution in [0.3, 0.4) is 0 Å². The molecule has 0 bridgehead atoms. The van der Waals surface area contributed by atoms with Gasteiger partial charge < -0.3 is 14.4 Å². The number of sulfonamides is 1. The van der Waals surface area contributed by atoms with Crippen molar-refractivity contribution in [3.8, 4) is 0 Å². The third-order valence-electron chi connectivity index (χ3n) is 3.35. The van der Waals surface area contributed by atoms with Crippen LogP contribution in [0.5, 0.6) is 0 Å². The van der Waals surface area contributed by atoms with Crippen molar-refractivity contribution in [2.45, 2.75) is 12.1 Å². The van der Waals surface area contributed by atoms with Crippen LogP contribution >= 0.6 is 0 Å². The predicted molar refractivity (Wildman–Crippen MR) is 63.5 cm³/mol. The van der Waals surface area contributed by atoms with Gasteiger partial charge in [0.05, 0.1) is 25.0 Å². The van der Waals surface area contributed by atoms with Crippen LogP contribution in [0.1, 0.15) is 0 Å². The van der Waals surface area contributed by atoms with Gasteiger partial charge in [0.1, 0.15) is 6.61 Å². The Morgan fingerprint density at radius 1 is 1.44 bits per heavy atom. The van der Waals surface area contributed by atoms with Gasteiger partial charge in [0.25, 0.3) is 0 Å². The van der Waals surface area contributed by atoms with Crippen molar-refractivity contribution in [1.82, 2.24) is 9.21 Å². The molecule has 2 fully saturated rings. The predicted octanol–water partition coefficient (Wildman–Crippen LogP) is -1.50. The number of rotatable bonds is 4. The minimum atomic E-state index is -3.24. The smallest absolute Gasteiger partial charge is 0.249 e. The Hall–Kier alpha value is -0.700. The molecule has 0 aromatic carbocycles. The number of ether oxygens (including phenoxy) is 2. The lowest BCUT2D eigenvalue weighted by atomic mass is 10.1. The van der Waals surface area contributed by atoms with Gasteiger partial charge in [-0.2, -0.15) is 4.31 Å². The average molecular weight is 278 g/mol. The Morgan fingerprint density at radius 2 is 2.17 bits per heavy atom. The van der Waals surface area contributed by atoms with Crippen molar-refractivity contribution in [3.05, 3.63) is 0 Å². The van der Waals surface area contributed by atoms with Crippen molar-refractivity contribution in [2.75, 3.05) is 46.2 Å². The maximum absolute atomic E-state index is 11.8. The SMILES string of the molecule is COCCN1C(=O)COC2CN(S(C)(=O)=O)CC21. The van der Waals surface area contributed by atoms with E-state index in [0.29, 0.717) is 26.2 Å². The second-order valence-electron chi connectivity index (χ2n) is 4.58. The summed E-state index contributed by atoms with van der Waals surface area (Å²) in [5.41, 5.74) is 0. The highest BCUT2D eigenvalue weighted by atomic mass is 32.2. The van der Waals surface area contributed by atoms with Gasteiger partial charge in [0.15, 0.2) is 0 Å². The molecule has 0 spiro atoms. The van der Waals surface area contributed by atoms with Crippen LogP contribution in [0.25, 0.3) is 0 Å². The van der Waals surface area contributed by atoms with E-state index in [4.69, 9.17) is 9.47 Å². The fourth-order valence-electron chi connectivity index (χ4n) is 2.38. The normalized spacial score (nSPS) is 29.7. The topological polar surface area (TPSA) is 76.2 Å². The largest absolute Gasteiger partial charge is 0.383 e. The number of methoxy groups -OCH3 is 1. The maximum Gasteiger partial charge on any atom is 0.249 e. The number of amides is 1. The third-order valence-corrected chi connectivity index (χ3v) is 4.59. The van der Waals surface area contributed by atoms with E-state index in [0.717, 1.165) is 0 Å². The van der Waals surface area contributed by atoms with Gasteiger partial charge in [-0.3, -0.25) is 4.79 Å². The lowest BCUT2D eigenvalue weighted by Crippen LogP contribution is -2.54. The summed E-state index contributed by atoms with van der Waals surface area (Å²) in [4.78, 5) is 13.4. The molecule has 0 aromatic heterocycles. The first-order valence-electron chi connectivity index (χ1n) is 5.78. The Balaban J connectivity index is 2.10. The molecule has 0 aliphatic carbocycles. The number of hydrogen-bond donors (Lipinski definition) is 0. The van der Waals surface area contributed by atoms with Crippen molar-refractivity contribution >= 4 is 15.9 Å². The third kappa shape index (κ3) is 2.66. The molecule has 0 radical (unpaired) electrons. The fraction of sp³-hybridized carbons (Fsp3) is 0.900. The lowest BCUT2D eigenvalue weighted by molar-refractivity contribution is -0.153. The molecule has 2 aliphatic rings. The first-order chi connectivity index (χ1) is 8.43. The van der Waals surface area contributed by atoms with Crippen molar-refractivity contribution in [2.24, 2.45) is 0 Å². The summed E-state index contributed by atoms with van der Waals surface area (Å²) in [6, 6.07) is -0.198. The number of fused-ring (bicyclic) bond motifs is 1. The van der Waals surface area contributed by atoms with Crippen LogP contribution in [0.15, 0.2) is 0 Å². The molecule has 1 amide bonds. The van der Waals surface area contributed by atoms with Crippen LogP contribution in [0, 0.1) is 0 Å². The Kier molecular flexibility index (Phi) is 3.90. The van der Waals surface area contributed by atoms with E-state index in [2.05, 4.69) is 0 Å². The van der Waals surface area contributed by atoms with E-state index in [9.17, 15) is 13.2 Å². The molecule has 8 heteroatoms. The minimum Gasteiger partial charge on any atom is -0.383 e. The van der Waals surface area contributed by atoms with Crippen molar-refractivity contribution < 1.29 is 22.7 Å². The average Bonchev–Trinajstić information content (AvgIpc) is 2.71. The molecule has 104 valence electrons. The maximum atomic E-state index is 11.8. The van der Waals surface area contributed by atoms with Gasteiger partial charge in [-0.25, -0.2) is 8.42 Å². The zero-order valence-electron chi connectivity index (χ0n) is 10.5. The van der Waals surface area contributed by atoms with Gasteiger partial charge in [-0.15, -0.1) is 0 Å². The van der Waals surface area contributed by atoms with Crippen molar-refractivity contribution in [1.29, 1.82) is 0 Å². The van der Waals surface area contributed by atoms with Gasteiger partial charge in [-0.05, 0) is 0 Å². The first kappa shape index (κ1) is 13.7. The molecule has 2 saturated heterocycles. The lowest BCUT2D eigenvalue weighted by Gasteiger charge is -2.36. The summed E-state index contributed by atoms with van der Waals surface area (Å²) in [6.07, 6.45) is 0.945. The van der Waals surface area contributed by atoms with E-state index in [-0.39, 0.29) is 24.7 Å². The summed E-state index contributed by atoms with van der Waals surface area (Å²) < 4.78 is 34.8. The second kappa shape index (κ2) is 5.12. The summed E-state index contributed by atoms with van der Waals surface area (Å²) >= 11 is 0. The Morgan fingerprint density at radius 3 is 2.78 bits per heavy atom. The van der Waals surface area contributed by atoms with Gasteiger partial charge >= 0.3 is 0 Å². The molecule has 2 heterocycles. The van der Waals surface area contributed by atoms with Crippen LogP contribution in [0.2, 0.25) is 0 Å². The highest BCUT2D eigenvalue weighted by Crippen LogP contribution is 2.24. The zero-order chi connectivity index (χ0) is 13.3. The molecular formula is C10H18N2O5S. The number of hydrogen-bond acceptors (Lipinski definition) is 5. The molecule has 0 aromatic rings. The number of morpholine rings is 1. The van der Waals surface area contributed by atoms with Crippen molar-refractivity contribution in [3.63, 3.8) is 0 Å². The summed E-state index contributed by atoms with van der Waals surface area (Å²) in [7, 11) is -1.67. The van der Waals surface area contributed by atoms with E-state index in [1.54, 1.807) is 12.0 Å². The van der Waals surface area contributed by atoms with E-state index < -0.39 is 10.0 Å². The standard InChI is InChI=1S/C10H18N2O5S/c1-16-4-3-12-8-5-11(18(2,14)15)6-9(8)17-7-10(12)13/h8-9H,3-7H2,1-2H3. The molecule has 18 heavy (non-hydrogen) atoms. The van der Waals surface area contributed by atoms with E-state index in [1.165, 1.54) is 10.6 Å². The monoisotopic (exact) mass is 278 g/mol.